The van der Waals surface area contributed by atoms with E-state index in [1.165, 1.54) is 0 Å². The first-order chi connectivity index (χ1) is 22.3. The van der Waals surface area contributed by atoms with Crippen molar-refractivity contribution in [1.29, 1.82) is 0 Å². The highest BCUT2D eigenvalue weighted by molar-refractivity contribution is 5.73. The molecule has 0 radical (unpaired) electrons. The van der Waals surface area contributed by atoms with Crippen molar-refractivity contribution in [2.24, 2.45) is 5.73 Å². The molecule has 10 atom stereocenters. The van der Waals surface area contributed by atoms with Gasteiger partial charge in [0.2, 0.25) is 5.91 Å². The minimum atomic E-state index is -1.71. The molecule has 2 rings (SSSR count). The molecule has 47 heavy (non-hydrogen) atoms. The predicted molar refractivity (Wildman–Crippen MR) is 158 cm³/mol. The molecule has 17 heteroatoms. The summed E-state index contributed by atoms with van der Waals surface area (Å²) in [6.07, 6.45) is -10.1. The van der Waals surface area contributed by atoms with Crippen LogP contribution in [0.15, 0.2) is 0 Å². The number of carbonyl (C=O) groups excluding carboxylic acids is 5. The Morgan fingerprint density at radius 2 is 1.47 bits per heavy atom. The van der Waals surface area contributed by atoms with Crippen LogP contribution in [-0.4, -0.2) is 121 Å². The van der Waals surface area contributed by atoms with Gasteiger partial charge in [0.15, 0.2) is 30.9 Å². The number of carbonyl (C=O) groups is 5. The van der Waals surface area contributed by atoms with Crippen molar-refractivity contribution in [2.75, 3.05) is 19.8 Å². The van der Waals surface area contributed by atoms with Crippen LogP contribution in [0.3, 0.4) is 0 Å². The lowest BCUT2D eigenvalue weighted by atomic mass is 9.94. The number of primary amides is 1. The molecule has 266 valence electrons. The Labute approximate surface area is 273 Å². The number of aliphatic hydroxyl groups excluding tert-OH is 2. The van der Waals surface area contributed by atoms with E-state index in [1.807, 2.05) is 0 Å². The van der Waals surface area contributed by atoms with Gasteiger partial charge in [0.1, 0.15) is 43.7 Å². The Bertz CT molecular complexity index is 1120. The van der Waals surface area contributed by atoms with E-state index in [-0.39, 0.29) is 6.61 Å². The number of hydrogen-bond donors (Lipinski definition) is 4. The monoisotopic (exact) mass is 674 g/mol. The summed E-state index contributed by atoms with van der Waals surface area (Å²) in [5.41, 5.74) is 5.32. The van der Waals surface area contributed by atoms with E-state index in [0.717, 1.165) is 53.4 Å². The maximum atomic E-state index is 12.3. The Morgan fingerprint density at radius 3 is 2.04 bits per heavy atom. The fourth-order valence-corrected chi connectivity index (χ4v) is 5.06. The van der Waals surface area contributed by atoms with Crippen LogP contribution in [-0.2, 0) is 57.1 Å². The molecule has 2 fully saturated rings. The van der Waals surface area contributed by atoms with Gasteiger partial charge in [-0.2, -0.15) is 0 Å². The summed E-state index contributed by atoms with van der Waals surface area (Å²) >= 11 is 0. The number of nitrogens with two attached hydrogens (primary N) is 1. The highest BCUT2D eigenvalue weighted by Gasteiger charge is 2.55. The largest absolute Gasteiger partial charge is 0.463 e. The van der Waals surface area contributed by atoms with Gasteiger partial charge in [-0.1, -0.05) is 32.1 Å². The van der Waals surface area contributed by atoms with Crippen molar-refractivity contribution in [3.63, 3.8) is 0 Å². The van der Waals surface area contributed by atoms with E-state index >= 15 is 0 Å². The Balaban J connectivity index is 2.47. The molecule has 2 aliphatic rings. The molecule has 2 saturated heterocycles. The van der Waals surface area contributed by atoms with E-state index in [0.29, 0.717) is 6.42 Å². The van der Waals surface area contributed by atoms with Crippen LogP contribution in [0.4, 0.5) is 4.79 Å². The van der Waals surface area contributed by atoms with Crippen molar-refractivity contribution in [1.82, 2.24) is 5.32 Å². The van der Waals surface area contributed by atoms with E-state index in [2.05, 4.69) is 24.1 Å². The summed E-state index contributed by atoms with van der Waals surface area (Å²) in [5.74, 6) is 2.79. The van der Waals surface area contributed by atoms with Gasteiger partial charge in [-0.3, -0.25) is 19.2 Å². The van der Waals surface area contributed by atoms with Crippen LogP contribution < -0.4 is 11.1 Å². The van der Waals surface area contributed by atoms with Crippen LogP contribution in [0.5, 0.6) is 0 Å². The molecule has 0 unspecified atom stereocenters. The summed E-state index contributed by atoms with van der Waals surface area (Å²) in [5, 5.41) is 23.7. The summed E-state index contributed by atoms with van der Waals surface area (Å²) in [6.45, 7) is 5.09. The van der Waals surface area contributed by atoms with E-state index < -0.39 is 104 Å². The molecule has 2 amide bonds. The molecule has 0 aliphatic carbocycles. The normalized spacial score (nSPS) is 30.2. The Morgan fingerprint density at radius 1 is 0.809 bits per heavy atom. The number of unbranched alkanes of at least 4 members (excludes halogenated alkanes) is 4. The molecular weight excluding hydrogens is 628 g/mol. The molecule has 0 spiro atoms. The quantitative estimate of drug-likeness (QED) is 0.0745. The standard InChI is InChI=1S/C30H46N2O15/c1-6-7-8-9-10-11-12-13-40-29-27(47-30(31)39)26(23(38)20(14-33)44-29)46-28-22(32-16(2)34)25(43-19(5)37)24(42-18(4)36)21(45-28)15-41-17(3)35/h20-29,33,38H,6-10,13-15H2,1-5H3,(H2,31,39)(H,32,34)/t20-,21-,22-,23-,24-,25-,26+,27-,28+,29-/m1/s1. The average Bonchev–Trinajstić information content (AvgIpc) is 2.98. The number of rotatable bonds is 15. The maximum absolute atomic E-state index is 12.3. The van der Waals surface area contributed by atoms with Crippen molar-refractivity contribution in [3.8, 4) is 11.8 Å². The zero-order valence-electron chi connectivity index (χ0n) is 27.2. The molecule has 0 aromatic rings. The topological polar surface area (TPSA) is 238 Å². The van der Waals surface area contributed by atoms with Crippen LogP contribution in [0.1, 0.15) is 66.7 Å². The molecular formula is C30H46N2O15. The lowest BCUT2D eigenvalue weighted by molar-refractivity contribution is -0.345. The lowest BCUT2D eigenvalue weighted by Gasteiger charge is -2.48. The summed E-state index contributed by atoms with van der Waals surface area (Å²) in [6, 6.07) is -1.41. The zero-order chi connectivity index (χ0) is 35.1. The van der Waals surface area contributed by atoms with Gasteiger partial charge in [-0.25, -0.2) is 4.79 Å². The van der Waals surface area contributed by atoms with Crippen LogP contribution in [0, 0.1) is 11.8 Å². The average molecular weight is 675 g/mol. The number of esters is 3. The lowest BCUT2D eigenvalue weighted by Crippen LogP contribution is -2.69. The van der Waals surface area contributed by atoms with Gasteiger partial charge < -0.3 is 59.2 Å². The number of hydrogen-bond acceptors (Lipinski definition) is 15. The molecule has 2 aliphatic heterocycles. The van der Waals surface area contributed by atoms with Crippen LogP contribution in [0.2, 0.25) is 0 Å². The smallest absolute Gasteiger partial charge is 0.405 e. The van der Waals surface area contributed by atoms with Crippen molar-refractivity contribution in [2.45, 2.75) is 128 Å². The highest BCUT2D eigenvalue weighted by Crippen LogP contribution is 2.33. The first-order valence-electron chi connectivity index (χ1n) is 15.3. The second kappa shape index (κ2) is 20.0. The van der Waals surface area contributed by atoms with E-state index in [9.17, 15) is 34.2 Å². The SMILES string of the molecule is CCCCCCC#CCO[C@@H]1O[C@H](CO)[C@@H](O)[C@H](O[C@@H]2O[C@H](COC(C)=O)[C@@H](OC(C)=O)[C@H](OC(C)=O)[C@H]2NC(C)=O)[C@H]1OC(N)=O. The van der Waals surface area contributed by atoms with Crippen molar-refractivity contribution >= 4 is 29.9 Å². The van der Waals surface area contributed by atoms with Crippen molar-refractivity contribution in [3.05, 3.63) is 0 Å². The van der Waals surface area contributed by atoms with Gasteiger partial charge in [0.25, 0.3) is 0 Å². The predicted octanol–water partition coefficient (Wildman–Crippen LogP) is -0.440. The molecule has 17 nitrogen and oxygen atoms in total. The molecule has 0 saturated carbocycles. The molecule has 0 bridgehead atoms. The van der Waals surface area contributed by atoms with Crippen LogP contribution >= 0.6 is 0 Å². The molecule has 5 N–H and O–H groups in total. The first-order valence-corrected chi connectivity index (χ1v) is 15.3. The Kier molecular flexibility index (Phi) is 16.8. The second-order valence-corrected chi connectivity index (χ2v) is 10.9. The van der Waals surface area contributed by atoms with Gasteiger partial charge >= 0.3 is 24.0 Å². The van der Waals surface area contributed by atoms with Crippen molar-refractivity contribution < 1.29 is 72.1 Å². The summed E-state index contributed by atoms with van der Waals surface area (Å²) in [7, 11) is 0. The fraction of sp³-hybridized carbons (Fsp3) is 0.767. The van der Waals surface area contributed by atoms with Gasteiger partial charge in [0.05, 0.1) is 6.61 Å². The van der Waals surface area contributed by atoms with E-state index in [4.69, 9.17) is 43.6 Å². The fourth-order valence-electron chi connectivity index (χ4n) is 5.06. The van der Waals surface area contributed by atoms with E-state index in [1.54, 1.807) is 0 Å². The van der Waals surface area contributed by atoms with Gasteiger partial charge in [-0.05, 0) is 6.42 Å². The van der Waals surface area contributed by atoms with Crippen LogP contribution in [0.25, 0.3) is 0 Å². The minimum Gasteiger partial charge on any atom is -0.463 e. The third kappa shape index (κ3) is 12.9. The molecule has 0 aromatic carbocycles. The van der Waals surface area contributed by atoms with Gasteiger partial charge in [-0.15, -0.1) is 5.92 Å². The summed E-state index contributed by atoms with van der Waals surface area (Å²) < 4.78 is 44.6. The first kappa shape index (κ1) is 39.6. The minimum absolute atomic E-state index is 0.185. The maximum Gasteiger partial charge on any atom is 0.405 e. The number of amides is 2. The number of nitrogens with one attached hydrogen (secondary N) is 1. The summed E-state index contributed by atoms with van der Waals surface area (Å²) in [4.78, 5) is 60.2. The molecule has 2 heterocycles. The third-order valence-electron chi connectivity index (χ3n) is 7.01. The second-order valence-electron chi connectivity index (χ2n) is 10.9. The highest BCUT2D eigenvalue weighted by atomic mass is 16.8. The Hall–Kier alpha value is -3.53. The zero-order valence-corrected chi connectivity index (χ0v) is 27.2. The molecule has 0 aromatic heterocycles. The number of ether oxygens (including phenoxy) is 8. The third-order valence-corrected chi connectivity index (χ3v) is 7.01. The number of aliphatic hydroxyl groups is 2. The van der Waals surface area contributed by atoms with Gasteiger partial charge in [0, 0.05) is 34.1 Å².